The normalized spacial score (nSPS) is 24.3. The molecule has 0 spiro atoms. The summed E-state index contributed by atoms with van der Waals surface area (Å²) in [4.78, 5) is 30.5. The smallest absolute Gasteiger partial charge is 0.255 e. The number of piperazine rings is 1. The Labute approximate surface area is 207 Å². The van der Waals surface area contributed by atoms with E-state index in [-0.39, 0.29) is 11.8 Å². The van der Waals surface area contributed by atoms with Gasteiger partial charge in [-0.2, -0.15) is 0 Å². The minimum atomic E-state index is -0.998. The summed E-state index contributed by atoms with van der Waals surface area (Å²) in [6.45, 7) is 9.76. The topological polar surface area (TPSA) is 43.9 Å². The molecule has 2 bridgehead atoms. The van der Waals surface area contributed by atoms with Crippen molar-refractivity contribution < 1.29 is 9.59 Å². The molecule has 0 N–H and O–H groups in total. The zero-order chi connectivity index (χ0) is 23.6. The van der Waals surface area contributed by atoms with Crippen molar-refractivity contribution in [3.05, 3.63) is 47.5 Å². The molecule has 1 saturated heterocycles. The second-order valence-corrected chi connectivity index (χ2v) is 11.4. The summed E-state index contributed by atoms with van der Waals surface area (Å²) in [5.41, 5.74) is 2.84. The van der Waals surface area contributed by atoms with E-state index in [4.69, 9.17) is 23.2 Å². The first-order chi connectivity index (χ1) is 15.8. The zero-order valence-electron chi connectivity index (χ0n) is 19.7. The van der Waals surface area contributed by atoms with E-state index in [1.807, 2.05) is 30.3 Å². The molecule has 5 nitrogen and oxygen atoms in total. The Morgan fingerprint density at radius 3 is 2.42 bits per heavy atom. The molecule has 1 aliphatic heterocycles. The highest BCUT2D eigenvalue weighted by Crippen LogP contribution is 2.59. The third kappa shape index (κ3) is 5.58. The van der Waals surface area contributed by atoms with Gasteiger partial charge in [-0.3, -0.25) is 14.5 Å². The van der Waals surface area contributed by atoms with Crippen LogP contribution in [0.15, 0.2) is 42.0 Å². The van der Waals surface area contributed by atoms with Gasteiger partial charge in [0.05, 0.1) is 6.42 Å². The second kappa shape index (κ2) is 10.4. The lowest BCUT2D eigenvalue weighted by Gasteiger charge is -2.57. The fourth-order valence-electron chi connectivity index (χ4n) is 5.64. The standard InChI is InChI=1S/C26H35Cl2N3O2/c1-26(2)21-9-8-20(22(26)17-21)18-31(23(32)16-19-6-4-3-5-7-19)15-12-29-10-13-30(14-11-29)25(33)24(27)28/h3-8,21-22,24H,9-18H2,1-2H3. The van der Waals surface area contributed by atoms with Crippen molar-refractivity contribution in [2.45, 2.75) is 37.9 Å². The fourth-order valence-corrected chi connectivity index (χ4v) is 5.92. The molecule has 1 aromatic carbocycles. The molecule has 0 aromatic heterocycles. The van der Waals surface area contributed by atoms with Gasteiger partial charge in [0, 0.05) is 45.8 Å². The molecule has 2 fully saturated rings. The van der Waals surface area contributed by atoms with Crippen molar-refractivity contribution >= 4 is 35.0 Å². The molecule has 2 unspecified atom stereocenters. The highest BCUT2D eigenvalue weighted by molar-refractivity contribution is 6.53. The van der Waals surface area contributed by atoms with Crippen molar-refractivity contribution in [3.63, 3.8) is 0 Å². The van der Waals surface area contributed by atoms with Gasteiger partial charge in [0.1, 0.15) is 0 Å². The summed E-state index contributed by atoms with van der Waals surface area (Å²) in [5.74, 6) is 1.35. The molecule has 5 rings (SSSR count). The van der Waals surface area contributed by atoms with E-state index in [9.17, 15) is 9.59 Å². The van der Waals surface area contributed by atoms with Gasteiger partial charge in [0.25, 0.3) is 5.91 Å². The maximum atomic E-state index is 13.4. The van der Waals surface area contributed by atoms with Crippen molar-refractivity contribution in [2.24, 2.45) is 17.3 Å². The monoisotopic (exact) mass is 491 g/mol. The van der Waals surface area contributed by atoms with Crippen LogP contribution in [0.1, 0.15) is 32.3 Å². The number of hydrogen-bond donors (Lipinski definition) is 0. The number of nitrogens with zero attached hydrogens (tertiary/aromatic N) is 3. The molecule has 1 saturated carbocycles. The molecule has 33 heavy (non-hydrogen) atoms. The number of fused-ring (bicyclic) bond motifs is 1. The lowest BCUT2D eigenvalue weighted by atomic mass is 9.49. The predicted molar refractivity (Wildman–Crippen MR) is 133 cm³/mol. The summed E-state index contributed by atoms with van der Waals surface area (Å²) in [5, 5.41) is 0. The Morgan fingerprint density at radius 1 is 1.12 bits per heavy atom. The Hall–Kier alpha value is -1.56. The van der Waals surface area contributed by atoms with E-state index >= 15 is 0 Å². The van der Waals surface area contributed by atoms with Gasteiger partial charge in [-0.25, -0.2) is 0 Å². The molecular weight excluding hydrogens is 457 g/mol. The molecule has 4 aliphatic rings. The number of halogens is 2. The number of allylic oxidation sites excluding steroid dienone is 1. The first kappa shape index (κ1) is 24.6. The summed E-state index contributed by atoms with van der Waals surface area (Å²) < 4.78 is 0. The van der Waals surface area contributed by atoms with Crippen LogP contribution < -0.4 is 0 Å². The lowest BCUT2D eigenvalue weighted by Crippen LogP contribution is -2.53. The first-order valence-electron chi connectivity index (χ1n) is 12.1. The van der Waals surface area contributed by atoms with E-state index in [0.717, 1.165) is 44.1 Å². The fraction of sp³-hybridized carbons (Fsp3) is 0.615. The molecule has 7 heteroatoms. The van der Waals surface area contributed by atoms with Crippen LogP contribution in [0.4, 0.5) is 0 Å². The number of carbonyl (C=O) groups excluding carboxylic acids is 2. The summed E-state index contributed by atoms with van der Waals surface area (Å²) in [6, 6.07) is 10.00. The van der Waals surface area contributed by atoms with Gasteiger partial charge < -0.3 is 9.80 Å². The maximum absolute atomic E-state index is 13.4. The van der Waals surface area contributed by atoms with Gasteiger partial charge >= 0.3 is 0 Å². The van der Waals surface area contributed by atoms with Crippen LogP contribution in [-0.4, -0.2) is 77.2 Å². The van der Waals surface area contributed by atoms with Crippen molar-refractivity contribution in [1.29, 1.82) is 0 Å². The van der Waals surface area contributed by atoms with Crippen LogP contribution in [0.25, 0.3) is 0 Å². The largest absolute Gasteiger partial charge is 0.338 e. The Kier molecular flexibility index (Phi) is 7.72. The highest BCUT2D eigenvalue weighted by atomic mass is 35.5. The number of benzene rings is 1. The quantitative estimate of drug-likeness (QED) is 0.407. The van der Waals surface area contributed by atoms with E-state index < -0.39 is 4.84 Å². The first-order valence-corrected chi connectivity index (χ1v) is 12.9. The third-order valence-electron chi connectivity index (χ3n) is 8.06. The van der Waals surface area contributed by atoms with Gasteiger partial charge in [-0.15, -0.1) is 0 Å². The SMILES string of the molecule is CC1(C)C2CC=C(CN(CCN3CCN(C(=O)C(Cl)Cl)CC3)C(=O)Cc3ccccc3)C1C2. The van der Waals surface area contributed by atoms with Crippen LogP contribution in [-0.2, 0) is 16.0 Å². The number of alkyl halides is 2. The summed E-state index contributed by atoms with van der Waals surface area (Å²) in [7, 11) is 0. The third-order valence-corrected chi connectivity index (χ3v) is 8.44. The van der Waals surface area contributed by atoms with E-state index in [1.54, 1.807) is 4.90 Å². The summed E-state index contributed by atoms with van der Waals surface area (Å²) in [6.07, 6.45) is 5.22. The molecule has 2 amide bonds. The van der Waals surface area contributed by atoms with Crippen molar-refractivity contribution in [3.8, 4) is 0 Å². The molecule has 3 aliphatic carbocycles. The van der Waals surface area contributed by atoms with Crippen LogP contribution in [0, 0.1) is 17.3 Å². The van der Waals surface area contributed by atoms with E-state index in [1.165, 1.54) is 12.0 Å². The second-order valence-electron chi connectivity index (χ2n) is 10.3. The Balaban J connectivity index is 1.37. The van der Waals surface area contributed by atoms with Crippen molar-refractivity contribution in [1.82, 2.24) is 14.7 Å². The summed E-state index contributed by atoms with van der Waals surface area (Å²) >= 11 is 11.5. The Morgan fingerprint density at radius 2 is 1.82 bits per heavy atom. The van der Waals surface area contributed by atoms with Crippen LogP contribution in [0.3, 0.4) is 0 Å². The van der Waals surface area contributed by atoms with E-state index in [0.29, 0.717) is 37.4 Å². The van der Waals surface area contributed by atoms with Crippen LogP contribution in [0.2, 0.25) is 0 Å². The predicted octanol–water partition coefficient (Wildman–Crippen LogP) is 4.00. The number of carbonyl (C=O) groups is 2. The number of hydrogen-bond acceptors (Lipinski definition) is 3. The number of amides is 2. The molecule has 1 aromatic rings. The van der Waals surface area contributed by atoms with Gasteiger partial charge in [-0.1, -0.05) is 79.0 Å². The van der Waals surface area contributed by atoms with E-state index in [2.05, 4.69) is 29.7 Å². The van der Waals surface area contributed by atoms with Gasteiger partial charge in [-0.05, 0) is 35.7 Å². The molecule has 2 atom stereocenters. The Bertz CT molecular complexity index is 879. The molecule has 0 radical (unpaired) electrons. The highest BCUT2D eigenvalue weighted by Gasteiger charge is 2.51. The zero-order valence-corrected chi connectivity index (χ0v) is 21.2. The minimum absolute atomic E-state index is 0.183. The maximum Gasteiger partial charge on any atom is 0.255 e. The molecular formula is C26H35Cl2N3O2. The molecule has 180 valence electrons. The number of rotatable bonds is 8. The van der Waals surface area contributed by atoms with Crippen molar-refractivity contribution in [2.75, 3.05) is 45.8 Å². The van der Waals surface area contributed by atoms with Crippen LogP contribution in [0.5, 0.6) is 0 Å². The molecule has 1 heterocycles. The van der Waals surface area contributed by atoms with Gasteiger partial charge in [0.2, 0.25) is 5.91 Å². The average molecular weight is 492 g/mol. The average Bonchev–Trinajstić information content (AvgIpc) is 2.82. The minimum Gasteiger partial charge on any atom is -0.338 e. The lowest BCUT2D eigenvalue weighted by molar-refractivity contribution is -0.131. The van der Waals surface area contributed by atoms with Gasteiger partial charge in [0.15, 0.2) is 4.84 Å². The van der Waals surface area contributed by atoms with Crippen LogP contribution >= 0.6 is 23.2 Å².